The molecular weight excluding hydrogens is 268 g/mol. The lowest BCUT2D eigenvalue weighted by atomic mass is 10.2. The second-order valence-electron chi connectivity index (χ2n) is 4.11. The number of hydrogen-bond donors (Lipinski definition) is 5. The Morgan fingerprint density at radius 3 is 2.70 bits per heavy atom. The molecule has 3 amide bonds. The van der Waals surface area contributed by atoms with E-state index in [1.165, 1.54) is 6.08 Å². The summed E-state index contributed by atoms with van der Waals surface area (Å²) in [5, 5.41) is 22.7. The predicted molar refractivity (Wildman–Crippen MR) is 67.9 cm³/mol. The molecule has 6 N–H and O–H groups in total. The summed E-state index contributed by atoms with van der Waals surface area (Å²) in [4.78, 5) is 35.5. The molecule has 0 aliphatic carbocycles. The molecule has 1 aliphatic heterocycles. The molecule has 20 heavy (non-hydrogen) atoms. The van der Waals surface area contributed by atoms with Gasteiger partial charge in [-0.05, 0) is 6.08 Å². The highest BCUT2D eigenvalue weighted by atomic mass is 16.3. The number of aliphatic hydroxyl groups is 2. The van der Waals surface area contributed by atoms with Gasteiger partial charge in [0.2, 0.25) is 17.7 Å². The summed E-state index contributed by atoms with van der Waals surface area (Å²) in [6, 6.07) is -0.961. The van der Waals surface area contributed by atoms with E-state index in [0.29, 0.717) is 0 Å². The zero-order valence-corrected chi connectivity index (χ0v) is 10.8. The van der Waals surface area contributed by atoms with E-state index in [2.05, 4.69) is 10.6 Å². The maximum Gasteiger partial charge on any atom is 0.249 e. The van der Waals surface area contributed by atoms with Crippen LogP contribution in [0.2, 0.25) is 0 Å². The van der Waals surface area contributed by atoms with Crippen molar-refractivity contribution in [2.75, 3.05) is 26.2 Å². The fourth-order valence-electron chi connectivity index (χ4n) is 1.60. The normalized spacial score (nSPS) is 19.1. The van der Waals surface area contributed by atoms with Crippen molar-refractivity contribution in [3.05, 3.63) is 12.2 Å². The molecule has 1 rings (SSSR count). The minimum absolute atomic E-state index is 0.0540. The number of nitrogens with one attached hydrogen (secondary N) is 2. The number of aliphatic hydroxyl groups excluding tert-OH is 2. The summed E-state index contributed by atoms with van der Waals surface area (Å²) in [6.45, 7) is -0.676. The zero-order valence-electron chi connectivity index (χ0n) is 10.8. The second kappa shape index (κ2) is 7.58. The third kappa shape index (κ3) is 4.30. The van der Waals surface area contributed by atoms with Crippen molar-refractivity contribution in [1.82, 2.24) is 15.5 Å². The highest BCUT2D eigenvalue weighted by Crippen LogP contribution is 2.07. The number of carbonyl (C=O) groups is 3. The minimum atomic E-state index is -1.15. The van der Waals surface area contributed by atoms with Crippen molar-refractivity contribution in [3.63, 3.8) is 0 Å². The van der Waals surface area contributed by atoms with Gasteiger partial charge in [0.15, 0.2) is 0 Å². The van der Waals surface area contributed by atoms with Crippen LogP contribution in [0, 0.1) is 0 Å². The average molecular weight is 286 g/mol. The molecule has 0 aromatic carbocycles. The first-order valence-electron chi connectivity index (χ1n) is 6.04. The van der Waals surface area contributed by atoms with E-state index in [-0.39, 0.29) is 26.2 Å². The first-order chi connectivity index (χ1) is 9.49. The lowest BCUT2D eigenvalue weighted by molar-refractivity contribution is -0.138. The lowest BCUT2D eigenvalue weighted by Crippen LogP contribution is -2.54. The second-order valence-corrected chi connectivity index (χ2v) is 4.11. The molecule has 0 radical (unpaired) electrons. The van der Waals surface area contributed by atoms with Crippen LogP contribution in [0.25, 0.3) is 0 Å². The number of carbonyl (C=O) groups excluding carboxylic acids is 3. The summed E-state index contributed by atoms with van der Waals surface area (Å²) in [5.41, 5.74) is 5.38. The molecule has 0 fully saturated rings. The van der Waals surface area contributed by atoms with Crippen LogP contribution in [0.4, 0.5) is 0 Å². The van der Waals surface area contributed by atoms with Crippen LogP contribution in [-0.4, -0.2) is 71.3 Å². The molecule has 0 spiro atoms. The quantitative estimate of drug-likeness (QED) is 0.325. The number of nitrogens with two attached hydrogens (primary N) is 1. The smallest absolute Gasteiger partial charge is 0.249 e. The Labute approximate surface area is 115 Å². The van der Waals surface area contributed by atoms with Crippen molar-refractivity contribution in [2.45, 2.75) is 12.3 Å². The van der Waals surface area contributed by atoms with E-state index < -0.39 is 30.0 Å². The molecule has 9 heteroatoms. The third-order valence-electron chi connectivity index (χ3n) is 2.63. The van der Waals surface area contributed by atoms with Gasteiger partial charge >= 0.3 is 0 Å². The molecule has 1 aliphatic rings. The first kappa shape index (κ1) is 16.1. The summed E-state index contributed by atoms with van der Waals surface area (Å²) >= 11 is 0. The van der Waals surface area contributed by atoms with Crippen LogP contribution in [-0.2, 0) is 14.4 Å². The Hall–Kier alpha value is -1.97. The monoisotopic (exact) mass is 286 g/mol. The molecule has 2 unspecified atom stereocenters. The molecule has 0 bridgehead atoms. The van der Waals surface area contributed by atoms with Gasteiger partial charge in [-0.2, -0.15) is 0 Å². The molecule has 2 atom stereocenters. The van der Waals surface area contributed by atoms with Crippen LogP contribution < -0.4 is 16.4 Å². The van der Waals surface area contributed by atoms with E-state index in [1.807, 2.05) is 0 Å². The Bertz CT molecular complexity index is 412. The number of nitrogens with zero attached hydrogens (tertiary/aromatic N) is 1. The van der Waals surface area contributed by atoms with Gasteiger partial charge < -0.3 is 31.5 Å². The summed E-state index contributed by atoms with van der Waals surface area (Å²) < 4.78 is 0. The lowest BCUT2D eigenvalue weighted by Gasteiger charge is -2.22. The topological polar surface area (TPSA) is 145 Å². The van der Waals surface area contributed by atoms with Gasteiger partial charge in [0.05, 0.1) is 6.61 Å². The van der Waals surface area contributed by atoms with Crippen molar-refractivity contribution < 1.29 is 24.6 Å². The van der Waals surface area contributed by atoms with Crippen molar-refractivity contribution in [2.24, 2.45) is 5.73 Å². The van der Waals surface area contributed by atoms with Gasteiger partial charge in [-0.25, -0.2) is 0 Å². The minimum Gasteiger partial charge on any atom is -0.395 e. The van der Waals surface area contributed by atoms with Gasteiger partial charge in [0.25, 0.3) is 0 Å². The van der Waals surface area contributed by atoms with Crippen molar-refractivity contribution >= 4 is 17.7 Å². The molecule has 112 valence electrons. The maximum absolute atomic E-state index is 11.7. The Morgan fingerprint density at radius 1 is 1.50 bits per heavy atom. The van der Waals surface area contributed by atoms with Gasteiger partial charge in [0, 0.05) is 19.2 Å². The van der Waals surface area contributed by atoms with Crippen LogP contribution >= 0.6 is 0 Å². The fourth-order valence-corrected chi connectivity index (χ4v) is 1.60. The number of rotatable bonds is 7. The highest BCUT2D eigenvalue weighted by molar-refractivity contribution is 5.94. The van der Waals surface area contributed by atoms with Crippen molar-refractivity contribution in [1.29, 1.82) is 0 Å². The molecule has 1 heterocycles. The molecule has 9 nitrogen and oxygen atoms in total. The Balaban J connectivity index is 2.47. The number of amides is 3. The average Bonchev–Trinajstić information content (AvgIpc) is 2.73. The summed E-state index contributed by atoms with van der Waals surface area (Å²) in [5.74, 6) is -1.63. The van der Waals surface area contributed by atoms with Gasteiger partial charge in [-0.3, -0.25) is 14.4 Å². The van der Waals surface area contributed by atoms with E-state index in [9.17, 15) is 19.5 Å². The van der Waals surface area contributed by atoms with Gasteiger partial charge in [-0.1, -0.05) is 0 Å². The summed E-state index contributed by atoms with van der Waals surface area (Å²) in [6.07, 6.45) is 1.27. The summed E-state index contributed by atoms with van der Waals surface area (Å²) in [7, 11) is 0. The van der Waals surface area contributed by atoms with E-state index in [1.54, 1.807) is 0 Å². The third-order valence-corrected chi connectivity index (χ3v) is 2.63. The maximum atomic E-state index is 11.7. The zero-order chi connectivity index (χ0) is 15.1. The number of hydrogen-bond acceptors (Lipinski definition) is 6. The SMILES string of the molecule is NCC(NC(=O)CN1C(=O)C=CC1O)C(=O)NCCO. The van der Waals surface area contributed by atoms with Gasteiger partial charge in [-0.15, -0.1) is 0 Å². The highest BCUT2D eigenvalue weighted by Gasteiger charge is 2.27. The molecule has 0 aromatic rings. The molecule has 0 saturated carbocycles. The molecule has 0 aromatic heterocycles. The predicted octanol–water partition coefficient (Wildman–Crippen LogP) is -3.74. The Kier molecular flexibility index (Phi) is 6.10. The largest absolute Gasteiger partial charge is 0.395 e. The van der Waals surface area contributed by atoms with E-state index >= 15 is 0 Å². The first-order valence-corrected chi connectivity index (χ1v) is 6.04. The van der Waals surface area contributed by atoms with Crippen LogP contribution in [0.3, 0.4) is 0 Å². The van der Waals surface area contributed by atoms with Crippen LogP contribution in [0.5, 0.6) is 0 Å². The van der Waals surface area contributed by atoms with E-state index in [0.717, 1.165) is 11.0 Å². The standard InChI is InChI=1S/C11H18N4O5/c12-5-7(11(20)13-3-4-16)14-8(17)6-15-9(18)1-2-10(15)19/h1-2,7,9,16,18H,3-6,12H2,(H,13,20)(H,14,17). The van der Waals surface area contributed by atoms with E-state index in [4.69, 9.17) is 10.8 Å². The molecular formula is C11H18N4O5. The molecule has 0 saturated heterocycles. The van der Waals surface area contributed by atoms with Crippen molar-refractivity contribution in [3.8, 4) is 0 Å². The van der Waals surface area contributed by atoms with Crippen LogP contribution in [0.15, 0.2) is 12.2 Å². The van der Waals surface area contributed by atoms with Crippen LogP contribution in [0.1, 0.15) is 0 Å². The fraction of sp³-hybridized carbons (Fsp3) is 0.545. The van der Waals surface area contributed by atoms with Gasteiger partial charge in [0.1, 0.15) is 18.8 Å². The Morgan fingerprint density at radius 2 is 2.20 bits per heavy atom.